The first kappa shape index (κ1) is 17.9. The summed E-state index contributed by atoms with van der Waals surface area (Å²) >= 11 is 0. The average molecular weight is 257 g/mol. The second-order valence-corrected chi connectivity index (χ2v) is 5.53. The van der Waals surface area contributed by atoms with E-state index in [0.29, 0.717) is 18.1 Å². The Hall–Kier alpha value is -0.0800. The zero-order valence-electron chi connectivity index (χ0n) is 13.3. The summed E-state index contributed by atoms with van der Waals surface area (Å²) in [5, 5.41) is 3.61. The largest absolute Gasteiger partial charge is 0.377 e. The van der Waals surface area contributed by atoms with Crippen LogP contribution in [0.25, 0.3) is 0 Å². The van der Waals surface area contributed by atoms with Crippen molar-refractivity contribution in [3.8, 4) is 0 Å². The summed E-state index contributed by atoms with van der Waals surface area (Å²) in [4.78, 5) is 0. The summed E-state index contributed by atoms with van der Waals surface area (Å²) in [5.41, 5.74) is 0. The van der Waals surface area contributed by atoms with Crippen LogP contribution in [0.15, 0.2) is 0 Å². The van der Waals surface area contributed by atoms with Crippen molar-refractivity contribution < 1.29 is 4.74 Å². The van der Waals surface area contributed by atoms with E-state index in [2.05, 4.69) is 39.9 Å². The molecule has 0 rings (SSSR count). The highest BCUT2D eigenvalue weighted by Crippen LogP contribution is 2.17. The van der Waals surface area contributed by atoms with Crippen LogP contribution < -0.4 is 5.32 Å². The monoisotopic (exact) mass is 257 g/mol. The Morgan fingerprint density at radius 1 is 0.944 bits per heavy atom. The molecule has 0 aliphatic carbocycles. The molecule has 0 saturated heterocycles. The molecule has 2 nitrogen and oxygen atoms in total. The molecule has 0 saturated carbocycles. The first-order valence-electron chi connectivity index (χ1n) is 8.02. The van der Waals surface area contributed by atoms with Crippen molar-refractivity contribution in [1.29, 1.82) is 0 Å². The van der Waals surface area contributed by atoms with Crippen LogP contribution in [-0.4, -0.2) is 25.3 Å². The van der Waals surface area contributed by atoms with Gasteiger partial charge in [-0.15, -0.1) is 0 Å². The summed E-state index contributed by atoms with van der Waals surface area (Å²) in [6.07, 6.45) is 8.40. The molecular weight excluding hydrogens is 222 g/mol. The summed E-state index contributed by atoms with van der Waals surface area (Å²) in [7, 11) is 0. The Morgan fingerprint density at radius 2 is 1.61 bits per heavy atom. The molecule has 0 fully saturated rings. The minimum absolute atomic E-state index is 0.362. The molecular formula is C16H35NO. The van der Waals surface area contributed by atoms with Crippen LogP contribution in [-0.2, 0) is 4.74 Å². The van der Waals surface area contributed by atoms with E-state index < -0.39 is 0 Å². The maximum atomic E-state index is 5.93. The van der Waals surface area contributed by atoms with E-state index in [1.54, 1.807) is 0 Å². The van der Waals surface area contributed by atoms with E-state index in [1.807, 2.05) is 0 Å². The van der Waals surface area contributed by atoms with Crippen LogP contribution in [0, 0.1) is 5.92 Å². The quantitative estimate of drug-likeness (QED) is 0.524. The van der Waals surface area contributed by atoms with Crippen molar-refractivity contribution >= 4 is 0 Å². The third kappa shape index (κ3) is 8.10. The van der Waals surface area contributed by atoms with Gasteiger partial charge in [0.15, 0.2) is 0 Å². The fraction of sp³-hybridized carbons (Fsp3) is 1.00. The maximum absolute atomic E-state index is 5.93. The highest BCUT2D eigenvalue weighted by atomic mass is 16.5. The Kier molecular flexibility index (Phi) is 11.9. The second-order valence-electron chi connectivity index (χ2n) is 5.53. The van der Waals surface area contributed by atoms with Gasteiger partial charge in [0.1, 0.15) is 0 Å². The molecule has 2 heteroatoms. The minimum Gasteiger partial charge on any atom is -0.377 e. The van der Waals surface area contributed by atoms with Gasteiger partial charge in [0.2, 0.25) is 0 Å². The van der Waals surface area contributed by atoms with Crippen LogP contribution in [0.3, 0.4) is 0 Å². The fourth-order valence-electron chi connectivity index (χ4n) is 2.58. The third-order valence-corrected chi connectivity index (χ3v) is 3.50. The zero-order valence-corrected chi connectivity index (χ0v) is 13.3. The summed E-state index contributed by atoms with van der Waals surface area (Å²) in [5.74, 6) is 0.588. The second kappa shape index (κ2) is 12.0. The molecule has 0 aromatic heterocycles. The van der Waals surface area contributed by atoms with Crippen molar-refractivity contribution in [1.82, 2.24) is 5.32 Å². The van der Waals surface area contributed by atoms with Crippen LogP contribution in [0.4, 0.5) is 0 Å². The number of nitrogens with one attached hydrogen (secondary N) is 1. The molecule has 0 amide bonds. The van der Waals surface area contributed by atoms with E-state index in [9.17, 15) is 0 Å². The van der Waals surface area contributed by atoms with Gasteiger partial charge >= 0.3 is 0 Å². The lowest BCUT2D eigenvalue weighted by Gasteiger charge is -2.30. The van der Waals surface area contributed by atoms with Gasteiger partial charge in [0.25, 0.3) is 0 Å². The fourth-order valence-corrected chi connectivity index (χ4v) is 2.58. The summed E-state index contributed by atoms with van der Waals surface area (Å²) < 4.78 is 5.93. The van der Waals surface area contributed by atoms with Crippen molar-refractivity contribution in [2.24, 2.45) is 5.92 Å². The first-order valence-corrected chi connectivity index (χ1v) is 8.02. The van der Waals surface area contributed by atoms with E-state index in [4.69, 9.17) is 4.74 Å². The van der Waals surface area contributed by atoms with Crippen molar-refractivity contribution in [2.75, 3.05) is 13.2 Å². The lowest BCUT2D eigenvalue weighted by atomic mass is 9.94. The van der Waals surface area contributed by atoms with Crippen molar-refractivity contribution in [3.63, 3.8) is 0 Å². The molecule has 0 bridgehead atoms. The van der Waals surface area contributed by atoms with Crippen LogP contribution in [0.1, 0.15) is 73.1 Å². The third-order valence-electron chi connectivity index (χ3n) is 3.50. The molecule has 0 heterocycles. The lowest BCUT2D eigenvalue weighted by molar-refractivity contribution is 0.00128. The topological polar surface area (TPSA) is 21.3 Å². The highest BCUT2D eigenvalue weighted by Gasteiger charge is 2.23. The minimum atomic E-state index is 0.362. The smallest absolute Gasteiger partial charge is 0.0750 e. The number of hydrogen-bond acceptors (Lipinski definition) is 2. The molecule has 0 radical (unpaired) electrons. The van der Waals surface area contributed by atoms with Crippen molar-refractivity contribution in [2.45, 2.75) is 85.3 Å². The summed E-state index contributed by atoms with van der Waals surface area (Å²) in [6, 6.07) is 0.525. The zero-order chi connectivity index (χ0) is 13.8. The van der Waals surface area contributed by atoms with Gasteiger partial charge in [-0.1, -0.05) is 59.8 Å². The molecule has 1 N–H and O–H groups in total. The Labute approximate surface area is 115 Å². The van der Waals surface area contributed by atoms with Crippen LogP contribution in [0.5, 0.6) is 0 Å². The molecule has 2 unspecified atom stereocenters. The lowest BCUT2D eigenvalue weighted by Crippen LogP contribution is -2.44. The summed E-state index contributed by atoms with van der Waals surface area (Å²) in [6.45, 7) is 12.9. The van der Waals surface area contributed by atoms with Crippen LogP contribution in [0.2, 0.25) is 0 Å². The standard InChI is InChI=1S/C16H35NO/c1-6-9-10-11-12-13-15(17-7-2)16(14(4)5)18-8-3/h14-17H,6-13H2,1-5H3. The average Bonchev–Trinajstić information content (AvgIpc) is 2.34. The van der Waals surface area contributed by atoms with Gasteiger partial charge in [-0.05, 0) is 25.8 Å². The van der Waals surface area contributed by atoms with E-state index >= 15 is 0 Å². The van der Waals surface area contributed by atoms with Gasteiger partial charge in [0.05, 0.1) is 6.10 Å². The van der Waals surface area contributed by atoms with Crippen LogP contribution >= 0.6 is 0 Å². The normalized spacial score (nSPS) is 15.0. The molecule has 0 aliphatic rings. The number of unbranched alkanes of at least 4 members (excludes halogenated alkanes) is 4. The van der Waals surface area contributed by atoms with Crippen molar-refractivity contribution in [3.05, 3.63) is 0 Å². The predicted octanol–water partition coefficient (Wildman–Crippen LogP) is 4.39. The number of likely N-dealkylation sites (N-methyl/N-ethyl adjacent to an activating group) is 1. The van der Waals surface area contributed by atoms with Gasteiger partial charge in [-0.2, -0.15) is 0 Å². The first-order chi connectivity index (χ1) is 8.67. The van der Waals surface area contributed by atoms with E-state index in [-0.39, 0.29) is 0 Å². The SMILES string of the molecule is CCCCCCCC(NCC)C(OCC)C(C)C. The molecule has 0 aliphatic heterocycles. The molecule has 18 heavy (non-hydrogen) atoms. The molecule has 0 aromatic rings. The molecule has 2 atom stereocenters. The Balaban J connectivity index is 4.08. The number of rotatable bonds is 12. The van der Waals surface area contributed by atoms with Gasteiger partial charge in [-0.25, -0.2) is 0 Å². The molecule has 110 valence electrons. The molecule has 0 spiro atoms. The number of hydrogen-bond donors (Lipinski definition) is 1. The van der Waals surface area contributed by atoms with Gasteiger partial charge < -0.3 is 10.1 Å². The Morgan fingerprint density at radius 3 is 2.11 bits per heavy atom. The van der Waals surface area contributed by atoms with E-state index in [1.165, 1.54) is 38.5 Å². The van der Waals surface area contributed by atoms with Gasteiger partial charge in [-0.3, -0.25) is 0 Å². The predicted molar refractivity (Wildman–Crippen MR) is 81.1 cm³/mol. The number of ether oxygens (including phenoxy) is 1. The maximum Gasteiger partial charge on any atom is 0.0750 e. The van der Waals surface area contributed by atoms with E-state index in [0.717, 1.165) is 13.2 Å². The highest BCUT2D eigenvalue weighted by molar-refractivity contribution is 4.79. The Bertz CT molecular complexity index is 170. The molecule has 0 aromatic carbocycles. The van der Waals surface area contributed by atoms with Gasteiger partial charge in [0, 0.05) is 12.6 Å².